The molecule has 1 saturated heterocycles. The third-order valence-corrected chi connectivity index (χ3v) is 3.98. The van der Waals surface area contributed by atoms with Gasteiger partial charge in [0, 0.05) is 12.2 Å². The molecule has 1 aromatic carbocycles. The molecule has 6 heteroatoms. The van der Waals surface area contributed by atoms with E-state index in [4.69, 9.17) is 11.6 Å². The van der Waals surface area contributed by atoms with Crippen LogP contribution >= 0.6 is 11.6 Å². The molecule has 2 N–H and O–H groups in total. The highest BCUT2D eigenvalue weighted by atomic mass is 35.5. The molecule has 22 heavy (non-hydrogen) atoms. The summed E-state index contributed by atoms with van der Waals surface area (Å²) in [7, 11) is 0. The number of benzene rings is 1. The Morgan fingerprint density at radius 2 is 2.05 bits per heavy atom. The van der Waals surface area contributed by atoms with Gasteiger partial charge in [-0.05, 0) is 43.0 Å². The van der Waals surface area contributed by atoms with Crippen molar-refractivity contribution in [1.29, 1.82) is 0 Å². The lowest BCUT2D eigenvalue weighted by Gasteiger charge is -2.23. The van der Waals surface area contributed by atoms with E-state index in [-0.39, 0.29) is 16.8 Å². The van der Waals surface area contributed by atoms with Gasteiger partial charge in [0.15, 0.2) is 0 Å². The van der Waals surface area contributed by atoms with Gasteiger partial charge in [0.1, 0.15) is 10.8 Å². The van der Waals surface area contributed by atoms with E-state index in [1.807, 2.05) is 12.1 Å². The molecule has 1 aromatic heterocycles. The molecule has 3 rings (SSSR count). The second-order valence-corrected chi connectivity index (χ2v) is 5.73. The molecule has 0 saturated carbocycles. The van der Waals surface area contributed by atoms with Crippen LogP contribution in [0.1, 0.15) is 34.8 Å². The van der Waals surface area contributed by atoms with Crippen molar-refractivity contribution < 1.29 is 4.79 Å². The maximum atomic E-state index is 12.0. The topological polar surface area (TPSA) is 66.9 Å². The summed E-state index contributed by atoms with van der Waals surface area (Å²) in [6.07, 6.45) is 5.13. The minimum absolute atomic E-state index is 0.241. The van der Waals surface area contributed by atoms with Crippen LogP contribution in [-0.2, 0) is 0 Å². The molecule has 2 heterocycles. The summed E-state index contributed by atoms with van der Waals surface area (Å²) in [6.45, 7) is 2.12. The number of hydrogen-bond acceptors (Lipinski definition) is 4. The maximum Gasteiger partial charge on any atom is 0.275 e. The van der Waals surface area contributed by atoms with Crippen LogP contribution in [0.5, 0.6) is 0 Å². The minimum atomic E-state index is -0.295. The molecule has 1 fully saturated rings. The Bertz CT molecular complexity index is 636. The van der Waals surface area contributed by atoms with E-state index < -0.39 is 0 Å². The average molecular weight is 317 g/mol. The molecular weight excluding hydrogens is 300 g/mol. The van der Waals surface area contributed by atoms with E-state index in [0.717, 1.165) is 18.8 Å². The van der Waals surface area contributed by atoms with Crippen LogP contribution in [0.4, 0.5) is 5.69 Å². The largest absolute Gasteiger partial charge is 0.321 e. The molecule has 0 bridgehead atoms. The molecular formula is C16H17ClN4O. The lowest BCUT2D eigenvalue weighted by Crippen LogP contribution is -2.28. The molecule has 0 spiro atoms. The summed E-state index contributed by atoms with van der Waals surface area (Å²) in [5.74, 6) is 0.261. The molecule has 1 aliphatic rings. The zero-order chi connectivity index (χ0) is 15.4. The number of carbonyl (C=O) groups is 1. The molecule has 114 valence electrons. The van der Waals surface area contributed by atoms with E-state index in [0.29, 0.717) is 5.92 Å². The van der Waals surface area contributed by atoms with Crippen molar-refractivity contribution in [2.45, 2.75) is 18.8 Å². The van der Waals surface area contributed by atoms with Crippen LogP contribution in [0.15, 0.2) is 36.7 Å². The third kappa shape index (κ3) is 3.61. The van der Waals surface area contributed by atoms with Gasteiger partial charge in [0.05, 0.1) is 12.4 Å². The fourth-order valence-electron chi connectivity index (χ4n) is 2.60. The molecule has 1 aliphatic heterocycles. The monoisotopic (exact) mass is 316 g/mol. The van der Waals surface area contributed by atoms with Crippen LogP contribution in [-0.4, -0.2) is 29.0 Å². The molecule has 0 radical (unpaired) electrons. The molecule has 0 unspecified atom stereocenters. The molecule has 1 amide bonds. The van der Waals surface area contributed by atoms with Gasteiger partial charge in [-0.1, -0.05) is 23.7 Å². The van der Waals surface area contributed by atoms with Gasteiger partial charge in [0.25, 0.3) is 5.91 Å². The Labute approximate surface area is 134 Å². The third-order valence-electron chi connectivity index (χ3n) is 3.79. The first kappa shape index (κ1) is 14.9. The van der Waals surface area contributed by atoms with E-state index >= 15 is 0 Å². The van der Waals surface area contributed by atoms with Crippen molar-refractivity contribution in [2.24, 2.45) is 0 Å². The van der Waals surface area contributed by atoms with Gasteiger partial charge in [-0.3, -0.25) is 4.79 Å². The number of nitrogens with one attached hydrogen (secondary N) is 2. The Balaban J connectivity index is 1.65. The first-order chi connectivity index (χ1) is 10.7. The van der Waals surface area contributed by atoms with Gasteiger partial charge < -0.3 is 10.6 Å². The summed E-state index contributed by atoms with van der Waals surface area (Å²) in [5, 5.41) is 6.48. The standard InChI is InChI=1S/C16H17ClN4O/c17-15-10-19-14(9-20-15)16(22)21-13-5-3-11(4-6-13)12-2-1-7-18-8-12/h3-6,9-10,12,18H,1-2,7-8H2,(H,21,22)/t12-/m0/s1. The van der Waals surface area contributed by atoms with Crippen molar-refractivity contribution in [3.63, 3.8) is 0 Å². The van der Waals surface area contributed by atoms with Crippen LogP contribution in [0.2, 0.25) is 5.15 Å². The number of amides is 1. The van der Waals surface area contributed by atoms with Crippen LogP contribution in [0, 0.1) is 0 Å². The van der Waals surface area contributed by atoms with E-state index in [2.05, 4.69) is 32.7 Å². The highest BCUT2D eigenvalue weighted by molar-refractivity contribution is 6.29. The van der Waals surface area contributed by atoms with Gasteiger partial charge in [-0.2, -0.15) is 0 Å². The van der Waals surface area contributed by atoms with Crippen molar-refractivity contribution in [3.8, 4) is 0 Å². The Morgan fingerprint density at radius 1 is 1.23 bits per heavy atom. The van der Waals surface area contributed by atoms with E-state index in [1.165, 1.54) is 30.8 Å². The fraction of sp³-hybridized carbons (Fsp3) is 0.312. The van der Waals surface area contributed by atoms with Crippen molar-refractivity contribution in [3.05, 3.63) is 53.1 Å². The lowest BCUT2D eigenvalue weighted by molar-refractivity contribution is 0.102. The molecule has 1 atom stereocenters. The van der Waals surface area contributed by atoms with Gasteiger partial charge in [-0.15, -0.1) is 0 Å². The highest BCUT2D eigenvalue weighted by Crippen LogP contribution is 2.24. The Morgan fingerprint density at radius 3 is 2.68 bits per heavy atom. The fourth-order valence-corrected chi connectivity index (χ4v) is 2.70. The second kappa shape index (κ2) is 6.85. The zero-order valence-electron chi connectivity index (χ0n) is 12.1. The van der Waals surface area contributed by atoms with Gasteiger partial charge in [0.2, 0.25) is 0 Å². The van der Waals surface area contributed by atoms with Crippen LogP contribution in [0.3, 0.4) is 0 Å². The average Bonchev–Trinajstić information content (AvgIpc) is 2.57. The predicted molar refractivity (Wildman–Crippen MR) is 86.3 cm³/mol. The number of piperidine rings is 1. The SMILES string of the molecule is O=C(Nc1ccc([C@H]2CCCNC2)cc1)c1cnc(Cl)cn1. The zero-order valence-corrected chi connectivity index (χ0v) is 12.8. The quantitative estimate of drug-likeness (QED) is 0.913. The van der Waals surface area contributed by atoms with Crippen LogP contribution in [0.25, 0.3) is 0 Å². The Kier molecular flexibility index (Phi) is 4.65. The van der Waals surface area contributed by atoms with E-state index in [1.54, 1.807) is 0 Å². The molecule has 0 aliphatic carbocycles. The number of nitrogens with zero attached hydrogens (tertiary/aromatic N) is 2. The van der Waals surface area contributed by atoms with Crippen molar-refractivity contribution in [2.75, 3.05) is 18.4 Å². The van der Waals surface area contributed by atoms with Crippen LogP contribution < -0.4 is 10.6 Å². The van der Waals surface area contributed by atoms with Crippen molar-refractivity contribution in [1.82, 2.24) is 15.3 Å². The smallest absolute Gasteiger partial charge is 0.275 e. The number of carbonyl (C=O) groups excluding carboxylic acids is 1. The molecule has 5 nitrogen and oxygen atoms in total. The number of rotatable bonds is 3. The second-order valence-electron chi connectivity index (χ2n) is 5.34. The predicted octanol–water partition coefficient (Wildman–Crippen LogP) is 2.85. The first-order valence-corrected chi connectivity index (χ1v) is 7.70. The molecule has 2 aromatic rings. The van der Waals surface area contributed by atoms with E-state index in [9.17, 15) is 4.79 Å². The summed E-state index contributed by atoms with van der Waals surface area (Å²) >= 11 is 5.66. The summed E-state index contributed by atoms with van der Waals surface area (Å²) in [5.41, 5.74) is 2.29. The normalized spacial score (nSPS) is 18.0. The first-order valence-electron chi connectivity index (χ1n) is 7.32. The van der Waals surface area contributed by atoms with Gasteiger partial charge >= 0.3 is 0 Å². The summed E-state index contributed by atoms with van der Waals surface area (Å²) < 4.78 is 0. The highest BCUT2D eigenvalue weighted by Gasteiger charge is 2.15. The number of aromatic nitrogens is 2. The van der Waals surface area contributed by atoms with Gasteiger partial charge in [-0.25, -0.2) is 9.97 Å². The number of hydrogen-bond donors (Lipinski definition) is 2. The Hall–Kier alpha value is -1.98. The van der Waals surface area contributed by atoms with Crippen molar-refractivity contribution >= 4 is 23.2 Å². The number of anilines is 1. The number of halogens is 1. The summed E-state index contributed by atoms with van der Waals surface area (Å²) in [4.78, 5) is 19.8. The summed E-state index contributed by atoms with van der Waals surface area (Å²) in [6, 6.07) is 7.98. The minimum Gasteiger partial charge on any atom is -0.321 e. The lowest BCUT2D eigenvalue weighted by atomic mass is 9.92. The maximum absolute atomic E-state index is 12.0.